The van der Waals surface area contributed by atoms with Gasteiger partial charge in [-0.1, -0.05) is 0 Å². The summed E-state index contributed by atoms with van der Waals surface area (Å²) in [6, 6.07) is 7.28. The number of carbonyl (C=O) groups excluding carboxylic acids is 3. The van der Waals surface area contributed by atoms with Crippen LogP contribution in [0.4, 0.5) is 4.39 Å². The predicted octanol–water partition coefficient (Wildman–Crippen LogP) is 3.64. The van der Waals surface area contributed by atoms with E-state index >= 15 is 0 Å². The summed E-state index contributed by atoms with van der Waals surface area (Å²) < 4.78 is 19.1. The minimum atomic E-state index is -0.640. The molecule has 0 saturated carbocycles. The van der Waals surface area contributed by atoms with Gasteiger partial charge < -0.3 is 14.6 Å². The second kappa shape index (κ2) is 7.55. The number of ketones is 1. The monoisotopic (exact) mass is 400 g/mol. The Labute approximate surface area is 163 Å². The number of hydrogen-bond acceptors (Lipinski definition) is 5. The number of likely N-dealkylation sites (tertiary alicyclic amines) is 1. The minimum absolute atomic E-state index is 0.133. The van der Waals surface area contributed by atoms with Gasteiger partial charge in [0.2, 0.25) is 5.78 Å². The Kier molecular flexibility index (Phi) is 4.95. The molecule has 4 rings (SSSR count). The van der Waals surface area contributed by atoms with Gasteiger partial charge in [-0.15, -0.1) is 11.3 Å². The van der Waals surface area contributed by atoms with Crippen LogP contribution in [0.1, 0.15) is 43.4 Å². The van der Waals surface area contributed by atoms with Crippen LogP contribution in [-0.2, 0) is 4.74 Å². The number of nitrogens with zero attached hydrogens (tertiary/aromatic N) is 1. The summed E-state index contributed by atoms with van der Waals surface area (Å²) in [5.74, 6) is -1.56. The largest absolute Gasteiger partial charge is 0.453 e. The van der Waals surface area contributed by atoms with Crippen molar-refractivity contribution in [3.8, 4) is 0 Å². The number of amides is 1. The smallest absolute Gasteiger partial charge is 0.348 e. The molecular formula is C20H17FN2O4S. The summed E-state index contributed by atoms with van der Waals surface area (Å²) in [6.45, 7) is 1.01. The number of esters is 1. The van der Waals surface area contributed by atoms with Crippen LogP contribution in [0.3, 0.4) is 0 Å². The quantitative estimate of drug-likeness (QED) is 0.524. The first-order chi connectivity index (χ1) is 13.5. The number of Topliss-reactive ketones (excluding diaryl/α,β-unsaturated/α-hetero) is 1. The lowest BCUT2D eigenvalue weighted by atomic mass is 10.2. The Morgan fingerprint density at radius 3 is 2.71 bits per heavy atom. The van der Waals surface area contributed by atoms with Gasteiger partial charge >= 0.3 is 5.97 Å². The molecule has 0 spiro atoms. The van der Waals surface area contributed by atoms with E-state index in [1.165, 1.54) is 35.7 Å². The van der Waals surface area contributed by atoms with Crippen LogP contribution in [0.5, 0.6) is 0 Å². The molecule has 1 N–H and O–H groups in total. The van der Waals surface area contributed by atoms with Gasteiger partial charge in [0.05, 0.1) is 0 Å². The van der Waals surface area contributed by atoms with Crippen molar-refractivity contribution in [3.63, 3.8) is 0 Å². The van der Waals surface area contributed by atoms with E-state index in [1.54, 1.807) is 17.0 Å². The lowest BCUT2D eigenvalue weighted by molar-refractivity contribution is 0.0479. The minimum Gasteiger partial charge on any atom is -0.453 e. The number of fused-ring (bicyclic) bond motifs is 1. The molecule has 3 heterocycles. The van der Waals surface area contributed by atoms with Crippen LogP contribution in [0, 0.1) is 5.82 Å². The van der Waals surface area contributed by atoms with Gasteiger partial charge in [-0.2, -0.15) is 0 Å². The third kappa shape index (κ3) is 3.68. The molecule has 1 fully saturated rings. The zero-order chi connectivity index (χ0) is 19.7. The summed E-state index contributed by atoms with van der Waals surface area (Å²) in [5.41, 5.74) is 0.636. The number of aromatic nitrogens is 1. The maximum absolute atomic E-state index is 13.3. The zero-order valence-corrected chi connectivity index (χ0v) is 15.7. The molecule has 1 aliphatic heterocycles. The van der Waals surface area contributed by atoms with Crippen molar-refractivity contribution in [1.82, 2.24) is 9.88 Å². The number of aromatic amines is 1. The van der Waals surface area contributed by atoms with Crippen molar-refractivity contribution < 1.29 is 23.5 Å². The number of carbonyl (C=O) groups is 3. The third-order valence-electron chi connectivity index (χ3n) is 4.64. The highest BCUT2D eigenvalue weighted by Gasteiger charge is 2.22. The fraction of sp³-hybridized carbons (Fsp3) is 0.250. The number of thiophene rings is 1. The second-order valence-electron chi connectivity index (χ2n) is 6.59. The van der Waals surface area contributed by atoms with Crippen molar-refractivity contribution in [1.29, 1.82) is 0 Å². The van der Waals surface area contributed by atoms with Crippen molar-refractivity contribution in [2.45, 2.75) is 12.8 Å². The van der Waals surface area contributed by atoms with Crippen LogP contribution in [-0.4, -0.2) is 47.2 Å². The van der Waals surface area contributed by atoms with Crippen molar-refractivity contribution in [2.24, 2.45) is 0 Å². The highest BCUT2D eigenvalue weighted by atomic mass is 32.1. The molecule has 0 unspecified atom stereocenters. The molecule has 1 saturated heterocycles. The van der Waals surface area contributed by atoms with Gasteiger partial charge in [-0.25, -0.2) is 9.18 Å². The molecule has 2 aromatic heterocycles. The molecular weight excluding hydrogens is 383 g/mol. The Hall–Kier alpha value is -3.00. The number of rotatable bonds is 5. The SMILES string of the molecule is O=C(COC(=O)c1cc2cc(F)ccc2s1)c1c[nH]c(C(=O)N2CCCC2)c1. The Morgan fingerprint density at radius 2 is 1.93 bits per heavy atom. The van der Waals surface area contributed by atoms with Crippen LogP contribution < -0.4 is 0 Å². The maximum atomic E-state index is 13.3. The molecule has 6 nitrogen and oxygen atoms in total. The van der Waals surface area contributed by atoms with Gasteiger partial charge in [-0.3, -0.25) is 9.59 Å². The molecule has 0 bridgehead atoms. The Bertz CT molecular complexity index is 1070. The maximum Gasteiger partial charge on any atom is 0.348 e. The van der Waals surface area contributed by atoms with E-state index in [4.69, 9.17) is 4.74 Å². The number of hydrogen-bond donors (Lipinski definition) is 1. The van der Waals surface area contributed by atoms with Crippen LogP contribution >= 0.6 is 11.3 Å². The summed E-state index contributed by atoms with van der Waals surface area (Å²) in [4.78, 5) is 41.7. The molecule has 3 aromatic rings. The van der Waals surface area contributed by atoms with Crippen molar-refractivity contribution in [3.05, 3.63) is 58.5 Å². The first-order valence-corrected chi connectivity index (χ1v) is 9.70. The van der Waals surface area contributed by atoms with E-state index in [1.807, 2.05) is 0 Å². The number of ether oxygens (including phenoxy) is 1. The van der Waals surface area contributed by atoms with Gasteiger partial charge in [0.25, 0.3) is 5.91 Å². The molecule has 1 amide bonds. The lowest BCUT2D eigenvalue weighted by Gasteiger charge is -2.13. The zero-order valence-electron chi connectivity index (χ0n) is 14.9. The summed E-state index contributed by atoms with van der Waals surface area (Å²) in [6.07, 6.45) is 3.42. The van der Waals surface area contributed by atoms with Gasteiger partial charge in [0, 0.05) is 29.5 Å². The third-order valence-corrected chi connectivity index (χ3v) is 5.74. The number of benzene rings is 1. The molecule has 0 aliphatic carbocycles. The van der Waals surface area contributed by atoms with Crippen molar-refractivity contribution in [2.75, 3.05) is 19.7 Å². The lowest BCUT2D eigenvalue weighted by Crippen LogP contribution is -2.27. The standard InChI is InChI=1S/C20H17FN2O4S/c21-14-3-4-17-12(7-14)9-18(28-17)20(26)27-11-16(24)13-8-15(22-10-13)19(25)23-5-1-2-6-23/h3-4,7-10,22H,1-2,5-6,11H2. The van der Waals surface area contributed by atoms with Crippen LogP contribution in [0.15, 0.2) is 36.5 Å². The van der Waals surface area contributed by atoms with E-state index in [-0.39, 0.29) is 17.3 Å². The molecule has 28 heavy (non-hydrogen) atoms. The van der Waals surface area contributed by atoms with E-state index < -0.39 is 18.4 Å². The number of H-pyrrole nitrogens is 1. The van der Waals surface area contributed by atoms with Gasteiger partial charge in [0.1, 0.15) is 16.4 Å². The van der Waals surface area contributed by atoms with Crippen LogP contribution in [0.25, 0.3) is 10.1 Å². The van der Waals surface area contributed by atoms with E-state index in [0.717, 1.165) is 30.6 Å². The van der Waals surface area contributed by atoms with E-state index in [0.29, 0.717) is 16.0 Å². The molecule has 0 atom stereocenters. The molecule has 1 aromatic carbocycles. The van der Waals surface area contributed by atoms with E-state index in [9.17, 15) is 18.8 Å². The average Bonchev–Trinajstić information content (AvgIpc) is 3.44. The van der Waals surface area contributed by atoms with Gasteiger partial charge in [0.15, 0.2) is 6.61 Å². The van der Waals surface area contributed by atoms with Gasteiger partial charge in [-0.05, 0) is 48.6 Å². The highest BCUT2D eigenvalue weighted by Crippen LogP contribution is 2.26. The molecule has 0 radical (unpaired) electrons. The normalized spacial score (nSPS) is 13.8. The van der Waals surface area contributed by atoms with Crippen molar-refractivity contribution >= 4 is 39.1 Å². The first kappa shape index (κ1) is 18.4. The Balaban J connectivity index is 1.38. The average molecular weight is 400 g/mol. The first-order valence-electron chi connectivity index (χ1n) is 8.88. The summed E-state index contributed by atoms with van der Waals surface area (Å²) in [7, 11) is 0. The Morgan fingerprint density at radius 1 is 1.14 bits per heavy atom. The fourth-order valence-electron chi connectivity index (χ4n) is 3.17. The second-order valence-corrected chi connectivity index (χ2v) is 7.68. The summed E-state index contributed by atoms with van der Waals surface area (Å²) in [5, 5.41) is 0.610. The molecule has 8 heteroatoms. The van der Waals surface area contributed by atoms with Crippen LogP contribution in [0.2, 0.25) is 0 Å². The van der Waals surface area contributed by atoms with E-state index in [2.05, 4.69) is 4.98 Å². The highest BCUT2D eigenvalue weighted by molar-refractivity contribution is 7.20. The number of halogens is 1. The summed E-state index contributed by atoms with van der Waals surface area (Å²) >= 11 is 1.17. The fourth-order valence-corrected chi connectivity index (χ4v) is 4.11. The predicted molar refractivity (Wildman–Crippen MR) is 102 cm³/mol. The molecule has 144 valence electrons. The molecule has 1 aliphatic rings. The topological polar surface area (TPSA) is 79.5 Å². The number of nitrogens with one attached hydrogen (secondary N) is 1.